The lowest BCUT2D eigenvalue weighted by Gasteiger charge is -2.26. The van der Waals surface area contributed by atoms with Crippen LogP contribution < -0.4 is 21.4 Å². The number of hydrogen-bond acceptors (Lipinski definition) is 5. The van der Waals surface area contributed by atoms with Gasteiger partial charge in [-0.3, -0.25) is 19.6 Å². The zero-order valence-electron chi connectivity index (χ0n) is 19.5. The Morgan fingerprint density at radius 1 is 1.14 bits per heavy atom. The van der Waals surface area contributed by atoms with Crippen LogP contribution in [0.1, 0.15) is 58.3 Å². The molecule has 0 atom stereocenters. The van der Waals surface area contributed by atoms with Crippen LogP contribution in [0, 0.1) is 17.3 Å². The summed E-state index contributed by atoms with van der Waals surface area (Å²) in [5, 5.41) is 0.108. The lowest BCUT2D eigenvalue weighted by molar-refractivity contribution is -0.120. The first-order valence-corrected chi connectivity index (χ1v) is 15.0. The number of rotatable bonds is 7. The molecular formula is C24H29IN4O5S. The minimum Gasteiger partial charge on any atom is -0.291 e. The number of benzene rings is 1. The minimum absolute atomic E-state index is 0.0215. The Balaban J connectivity index is 1.44. The maximum atomic E-state index is 13.5. The van der Waals surface area contributed by atoms with Gasteiger partial charge in [-0.05, 0) is 88.3 Å². The van der Waals surface area contributed by atoms with E-state index in [0.717, 1.165) is 56.0 Å². The molecule has 2 aromatic rings. The number of carbonyl (C=O) groups excluding carboxylic acids is 1. The number of fused-ring (bicyclic) bond motifs is 2. The zero-order valence-corrected chi connectivity index (χ0v) is 22.5. The third kappa shape index (κ3) is 4.16. The normalized spacial score (nSPS) is 30.5. The van der Waals surface area contributed by atoms with Crippen LogP contribution in [0.4, 0.5) is 0 Å². The van der Waals surface area contributed by atoms with Crippen LogP contribution in [0.25, 0.3) is 10.9 Å². The molecule has 6 rings (SSSR count). The Morgan fingerprint density at radius 2 is 1.80 bits per heavy atom. The van der Waals surface area contributed by atoms with E-state index in [1.54, 1.807) is 6.07 Å². The molecule has 2 N–H and O–H groups in total. The summed E-state index contributed by atoms with van der Waals surface area (Å²) in [4.78, 5) is 39.7. The third-order valence-electron chi connectivity index (χ3n) is 8.37. The van der Waals surface area contributed by atoms with Crippen molar-refractivity contribution in [3.63, 3.8) is 0 Å². The monoisotopic (exact) mass is 612 g/mol. The van der Waals surface area contributed by atoms with E-state index in [1.807, 2.05) is 6.92 Å². The number of nitrogens with one attached hydrogen (secondary N) is 2. The van der Waals surface area contributed by atoms with Gasteiger partial charge in [-0.1, -0.05) is 22.6 Å². The van der Waals surface area contributed by atoms with E-state index >= 15 is 0 Å². The van der Waals surface area contributed by atoms with Crippen molar-refractivity contribution in [2.75, 3.05) is 5.43 Å². The van der Waals surface area contributed by atoms with Crippen molar-refractivity contribution in [2.24, 2.45) is 17.3 Å². The van der Waals surface area contributed by atoms with Crippen molar-refractivity contribution in [1.82, 2.24) is 14.0 Å². The SMILES string of the molecule is CC1(NS(=O)(=O)c2ccc3c(c2)c(=O)n(NC(=O)C24CC2C4)c(=O)n3CC2CCC(I)CC2)CC1. The van der Waals surface area contributed by atoms with Gasteiger partial charge in [-0.25, -0.2) is 17.9 Å². The molecule has 1 heterocycles. The van der Waals surface area contributed by atoms with Crippen LogP contribution in [-0.2, 0) is 21.4 Å². The van der Waals surface area contributed by atoms with Crippen LogP contribution in [0.2, 0.25) is 0 Å². The highest BCUT2D eigenvalue weighted by molar-refractivity contribution is 14.1. The molecule has 1 amide bonds. The second-order valence-corrected chi connectivity index (χ2v) is 14.6. The van der Waals surface area contributed by atoms with Gasteiger partial charge in [-0.15, -0.1) is 0 Å². The van der Waals surface area contributed by atoms with Gasteiger partial charge in [0, 0.05) is 16.0 Å². The van der Waals surface area contributed by atoms with Crippen molar-refractivity contribution in [1.29, 1.82) is 0 Å². The van der Waals surface area contributed by atoms with Crippen LogP contribution in [0.3, 0.4) is 0 Å². The first kappa shape index (κ1) is 23.7. The number of aromatic nitrogens is 2. The van der Waals surface area contributed by atoms with Crippen LogP contribution in [-0.4, -0.2) is 33.0 Å². The number of hydrogen-bond donors (Lipinski definition) is 2. The third-order valence-corrected chi connectivity index (χ3v) is 11.3. The number of sulfonamides is 1. The molecule has 4 saturated carbocycles. The predicted octanol–water partition coefficient (Wildman–Crippen LogP) is 2.47. The minimum atomic E-state index is -3.84. The molecule has 4 aliphatic rings. The largest absolute Gasteiger partial charge is 0.350 e. The number of nitrogens with zero attached hydrogens (tertiary/aromatic N) is 2. The summed E-state index contributed by atoms with van der Waals surface area (Å²) < 4.78 is 31.7. The molecule has 11 heteroatoms. The van der Waals surface area contributed by atoms with E-state index in [9.17, 15) is 22.8 Å². The molecule has 0 unspecified atom stereocenters. The standard InChI is InChI=1S/C24H29IN4O5S/c1-23(8-9-23)27-35(33,34)17-6-7-19-18(10-17)20(30)29(26-21(31)24-11-15(24)12-24)22(32)28(19)13-14-2-4-16(25)5-3-14/h6-7,10,14-16,27H,2-5,8-9,11-13H2,1H3,(H,26,31). The van der Waals surface area contributed by atoms with Crippen molar-refractivity contribution in [3.05, 3.63) is 39.0 Å². The predicted molar refractivity (Wildman–Crippen MR) is 140 cm³/mol. The summed E-state index contributed by atoms with van der Waals surface area (Å²) in [6.07, 6.45) is 7.22. The van der Waals surface area contributed by atoms with E-state index in [2.05, 4.69) is 32.7 Å². The van der Waals surface area contributed by atoms with E-state index in [4.69, 9.17) is 0 Å². The summed E-state index contributed by atoms with van der Waals surface area (Å²) >= 11 is 2.46. The Bertz CT molecular complexity index is 1460. The van der Waals surface area contributed by atoms with Crippen molar-refractivity contribution in [3.8, 4) is 0 Å². The van der Waals surface area contributed by atoms with Gasteiger partial charge in [0.25, 0.3) is 5.56 Å². The molecule has 188 valence electrons. The topological polar surface area (TPSA) is 119 Å². The highest BCUT2D eigenvalue weighted by Crippen LogP contribution is 2.75. The van der Waals surface area contributed by atoms with E-state index in [1.165, 1.54) is 16.7 Å². The van der Waals surface area contributed by atoms with Crippen molar-refractivity contribution in [2.45, 2.75) is 79.2 Å². The van der Waals surface area contributed by atoms with Crippen molar-refractivity contribution < 1.29 is 13.2 Å². The van der Waals surface area contributed by atoms with Gasteiger partial charge in [0.05, 0.1) is 21.2 Å². The molecule has 0 aliphatic heterocycles. The summed E-state index contributed by atoms with van der Waals surface area (Å²) in [5.74, 6) is 0.333. The van der Waals surface area contributed by atoms with Gasteiger partial charge in [0.15, 0.2) is 0 Å². The van der Waals surface area contributed by atoms with Crippen LogP contribution in [0.15, 0.2) is 32.7 Å². The molecule has 4 aliphatic carbocycles. The fourth-order valence-electron chi connectivity index (χ4n) is 5.32. The summed E-state index contributed by atoms with van der Waals surface area (Å²) in [6.45, 7) is 2.27. The van der Waals surface area contributed by atoms with Crippen molar-refractivity contribution >= 4 is 49.4 Å². The van der Waals surface area contributed by atoms with E-state index in [-0.39, 0.29) is 22.1 Å². The molecule has 1 aromatic heterocycles. The number of amides is 1. The van der Waals surface area contributed by atoms with Gasteiger partial charge in [0.2, 0.25) is 15.9 Å². The first-order valence-electron chi connectivity index (χ1n) is 12.3. The fraction of sp³-hybridized carbons (Fsp3) is 0.625. The molecule has 35 heavy (non-hydrogen) atoms. The molecule has 4 fully saturated rings. The highest BCUT2D eigenvalue weighted by atomic mass is 127. The maximum Gasteiger partial charge on any atom is 0.350 e. The molecule has 0 bridgehead atoms. The Labute approximate surface area is 216 Å². The summed E-state index contributed by atoms with van der Waals surface area (Å²) in [5.41, 5.74) is 0.812. The average Bonchev–Trinajstić information content (AvgIpc) is 3.72. The second kappa shape index (κ2) is 7.88. The molecule has 1 aromatic carbocycles. The zero-order chi connectivity index (χ0) is 24.8. The molecule has 0 saturated heterocycles. The Kier molecular flexibility index (Phi) is 5.33. The van der Waals surface area contributed by atoms with Gasteiger partial charge in [-0.2, -0.15) is 4.68 Å². The quantitative estimate of drug-likeness (QED) is 0.368. The molecule has 0 spiro atoms. The van der Waals surface area contributed by atoms with Gasteiger partial charge >= 0.3 is 5.69 Å². The molecular weight excluding hydrogens is 583 g/mol. The fourth-order valence-corrected chi connectivity index (χ4v) is 7.53. The number of carbonyl (C=O) groups is 1. The molecule has 9 nitrogen and oxygen atoms in total. The summed E-state index contributed by atoms with van der Waals surface area (Å²) in [6, 6.07) is 4.34. The lowest BCUT2D eigenvalue weighted by Crippen LogP contribution is -2.48. The lowest BCUT2D eigenvalue weighted by atomic mass is 9.89. The first-order chi connectivity index (χ1) is 16.5. The highest BCUT2D eigenvalue weighted by Gasteiger charge is 2.74. The number of halogens is 1. The van der Waals surface area contributed by atoms with E-state index < -0.39 is 32.2 Å². The smallest absolute Gasteiger partial charge is 0.291 e. The van der Waals surface area contributed by atoms with Gasteiger partial charge < -0.3 is 0 Å². The maximum absolute atomic E-state index is 13.5. The Hall–Kier alpha value is -1.73. The second-order valence-electron chi connectivity index (χ2n) is 11.2. The van der Waals surface area contributed by atoms with Crippen LogP contribution >= 0.6 is 22.6 Å². The molecule has 0 radical (unpaired) electrons. The summed E-state index contributed by atoms with van der Waals surface area (Å²) in [7, 11) is -3.84. The Morgan fingerprint density at radius 3 is 2.40 bits per heavy atom. The number of alkyl halides is 1. The average molecular weight is 612 g/mol. The van der Waals surface area contributed by atoms with Gasteiger partial charge in [0.1, 0.15) is 0 Å². The van der Waals surface area contributed by atoms with E-state index in [0.29, 0.717) is 21.9 Å². The van der Waals surface area contributed by atoms with Crippen LogP contribution in [0.5, 0.6) is 0 Å².